The summed E-state index contributed by atoms with van der Waals surface area (Å²) >= 11 is 1.65. The third-order valence-electron chi connectivity index (χ3n) is 6.47. The van der Waals surface area contributed by atoms with Gasteiger partial charge in [0.05, 0.1) is 6.10 Å². The molecule has 0 bridgehead atoms. The molecule has 0 radical (unpaired) electrons. The van der Waals surface area contributed by atoms with Gasteiger partial charge in [0.15, 0.2) is 0 Å². The van der Waals surface area contributed by atoms with Gasteiger partial charge in [0, 0.05) is 57.5 Å². The number of aryl methyl sites for hydroxylation is 1. The molecule has 2 aliphatic heterocycles. The predicted molar refractivity (Wildman–Crippen MR) is 107 cm³/mol. The zero-order valence-corrected chi connectivity index (χ0v) is 17.2. The summed E-state index contributed by atoms with van der Waals surface area (Å²) < 4.78 is 1.46. The van der Waals surface area contributed by atoms with Crippen LogP contribution in [0.3, 0.4) is 0 Å². The van der Waals surface area contributed by atoms with Gasteiger partial charge in [0.1, 0.15) is 5.56 Å². The quantitative estimate of drug-likeness (QED) is 0.788. The van der Waals surface area contributed by atoms with Crippen LogP contribution in [0.15, 0.2) is 11.0 Å². The standard InChI is InChI=1S/C20H27N3O4S/c1-21-8-13-10-22(17(25)4-6-28-2)5-3-14(13)18(19(21)26)20(27)23-9-12-7-16(24)15(12)11-23/h8,12,15-16,24H,3-7,9-11H2,1-2H3/t12-,15+,16-/m0/s1. The number of aliphatic hydroxyl groups is 1. The molecule has 2 fully saturated rings. The van der Waals surface area contributed by atoms with Gasteiger partial charge in [-0.1, -0.05) is 0 Å². The van der Waals surface area contributed by atoms with Crippen molar-refractivity contribution in [3.63, 3.8) is 0 Å². The van der Waals surface area contributed by atoms with E-state index in [0.717, 1.165) is 23.3 Å². The van der Waals surface area contributed by atoms with Gasteiger partial charge < -0.3 is 19.5 Å². The summed E-state index contributed by atoms with van der Waals surface area (Å²) in [5.74, 6) is 1.19. The van der Waals surface area contributed by atoms with Crippen molar-refractivity contribution in [1.29, 1.82) is 0 Å². The second-order valence-electron chi connectivity index (χ2n) is 8.17. The maximum absolute atomic E-state index is 13.2. The minimum Gasteiger partial charge on any atom is -0.393 e. The summed E-state index contributed by atoms with van der Waals surface area (Å²) in [5.41, 5.74) is 1.66. The predicted octanol–water partition coefficient (Wildman–Crippen LogP) is 0.476. The second kappa shape index (κ2) is 7.55. The molecule has 0 spiro atoms. The molecule has 4 rings (SSSR count). The van der Waals surface area contributed by atoms with E-state index in [4.69, 9.17) is 0 Å². The van der Waals surface area contributed by atoms with Crippen molar-refractivity contribution >= 4 is 23.6 Å². The number of carbonyl (C=O) groups is 2. The van der Waals surface area contributed by atoms with Crippen LogP contribution in [-0.4, -0.2) is 69.0 Å². The Morgan fingerprint density at radius 1 is 1.29 bits per heavy atom. The second-order valence-corrected chi connectivity index (χ2v) is 9.15. The van der Waals surface area contributed by atoms with Crippen LogP contribution >= 0.6 is 11.8 Å². The van der Waals surface area contributed by atoms with E-state index in [1.165, 1.54) is 4.57 Å². The first-order valence-electron chi connectivity index (χ1n) is 9.86. The molecular weight excluding hydrogens is 378 g/mol. The number of aliphatic hydroxyl groups excluding tert-OH is 1. The van der Waals surface area contributed by atoms with Gasteiger partial charge in [-0.25, -0.2) is 0 Å². The Hall–Kier alpha value is -1.80. The molecule has 0 unspecified atom stereocenters. The van der Waals surface area contributed by atoms with E-state index in [-0.39, 0.29) is 35.0 Å². The molecule has 1 saturated carbocycles. The number of aromatic nitrogens is 1. The smallest absolute Gasteiger partial charge is 0.263 e. The Labute approximate surface area is 168 Å². The van der Waals surface area contributed by atoms with E-state index in [9.17, 15) is 19.5 Å². The number of hydrogen-bond acceptors (Lipinski definition) is 5. The molecule has 2 amide bonds. The molecule has 8 heteroatoms. The number of hydrogen-bond donors (Lipinski definition) is 1. The van der Waals surface area contributed by atoms with Gasteiger partial charge in [-0.05, 0) is 36.1 Å². The van der Waals surface area contributed by atoms with Crippen molar-refractivity contribution in [2.24, 2.45) is 18.9 Å². The number of pyridine rings is 1. The van der Waals surface area contributed by atoms with E-state index in [0.29, 0.717) is 44.9 Å². The summed E-state index contributed by atoms with van der Waals surface area (Å²) in [4.78, 5) is 42.0. The lowest BCUT2D eigenvalue weighted by molar-refractivity contribution is -0.131. The fourth-order valence-corrected chi connectivity index (χ4v) is 5.14. The molecule has 7 nitrogen and oxygen atoms in total. The first-order chi connectivity index (χ1) is 13.4. The summed E-state index contributed by atoms with van der Waals surface area (Å²) in [6, 6.07) is 0. The molecular formula is C20H27N3O4S. The molecule has 28 heavy (non-hydrogen) atoms. The molecule has 1 aliphatic carbocycles. The van der Waals surface area contributed by atoms with Crippen LogP contribution in [-0.2, 0) is 24.8 Å². The maximum atomic E-state index is 13.2. The lowest BCUT2D eigenvalue weighted by atomic mass is 9.74. The van der Waals surface area contributed by atoms with Gasteiger partial charge in [-0.2, -0.15) is 11.8 Å². The fraction of sp³-hybridized carbons (Fsp3) is 0.650. The SMILES string of the molecule is CSCCC(=O)N1CCc2c(cn(C)c(=O)c2C(=O)N2C[C@@H]3C[C@H](O)[C@@H]3C2)C1. The molecule has 1 aromatic heterocycles. The van der Waals surface area contributed by atoms with Crippen LogP contribution in [0.25, 0.3) is 0 Å². The van der Waals surface area contributed by atoms with Crippen molar-refractivity contribution in [2.45, 2.75) is 31.9 Å². The summed E-state index contributed by atoms with van der Waals surface area (Å²) in [7, 11) is 1.66. The highest BCUT2D eigenvalue weighted by Crippen LogP contribution is 2.41. The molecule has 1 saturated heterocycles. The number of likely N-dealkylation sites (tertiary alicyclic amines) is 1. The van der Waals surface area contributed by atoms with Gasteiger partial charge in [0.25, 0.3) is 11.5 Å². The fourth-order valence-electron chi connectivity index (χ4n) is 4.77. The van der Waals surface area contributed by atoms with Crippen LogP contribution < -0.4 is 5.56 Å². The van der Waals surface area contributed by atoms with Crippen molar-refractivity contribution < 1.29 is 14.7 Å². The van der Waals surface area contributed by atoms with Crippen molar-refractivity contribution in [3.8, 4) is 0 Å². The maximum Gasteiger partial charge on any atom is 0.263 e. The molecule has 3 atom stereocenters. The number of rotatable bonds is 4. The zero-order valence-electron chi connectivity index (χ0n) is 16.4. The van der Waals surface area contributed by atoms with Gasteiger partial charge in [0.2, 0.25) is 5.91 Å². The van der Waals surface area contributed by atoms with Crippen molar-refractivity contribution in [1.82, 2.24) is 14.4 Å². The number of thioether (sulfide) groups is 1. The van der Waals surface area contributed by atoms with Crippen LogP contribution in [0.1, 0.15) is 34.3 Å². The van der Waals surface area contributed by atoms with E-state index in [1.54, 1.807) is 29.9 Å². The molecule has 3 aliphatic rings. The lowest BCUT2D eigenvalue weighted by Crippen LogP contribution is -2.42. The first kappa shape index (κ1) is 19.5. The largest absolute Gasteiger partial charge is 0.393 e. The van der Waals surface area contributed by atoms with Gasteiger partial charge in [-0.3, -0.25) is 14.4 Å². The van der Waals surface area contributed by atoms with E-state index >= 15 is 0 Å². The highest BCUT2D eigenvalue weighted by Gasteiger charge is 2.48. The molecule has 0 aromatic carbocycles. The van der Waals surface area contributed by atoms with Crippen LogP contribution in [0.5, 0.6) is 0 Å². The van der Waals surface area contributed by atoms with Gasteiger partial charge >= 0.3 is 0 Å². The Balaban J connectivity index is 1.59. The number of fused-ring (bicyclic) bond motifs is 2. The van der Waals surface area contributed by atoms with Crippen LogP contribution in [0.4, 0.5) is 0 Å². The van der Waals surface area contributed by atoms with Crippen molar-refractivity contribution in [3.05, 3.63) is 33.2 Å². The van der Waals surface area contributed by atoms with Crippen LogP contribution in [0.2, 0.25) is 0 Å². The summed E-state index contributed by atoms with van der Waals surface area (Å²) in [6.45, 7) is 2.13. The van der Waals surface area contributed by atoms with Crippen LogP contribution in [0, 0.1) is 11.8 Å². The Bertz CT molecular complexity index is 868. The molecule has 152 valence electrons. The normalized spacial score (nSPS) is 25.9. The Kier molecular flexibility index (Phi) is 5.26. The third-order valence-corrected chi connectivity index (χ3v) is 7.08. The minimum atomic E-state index is -0.323. The van der Waals surface area contributed by atoms with E-state index < -0.39 is 0 Å². The Morgan fingerprint density at radius 2 is 2.07 bits per heavy atom. The average Bonchev–Trinajstić information content (AvgIpc) is 3.03. The first-order valence-corrected chi connectivity index (χ1v) is 11.3. The van der Waals surface area contributed by atoms with E-state index in [1.807, 2.05) is 11.2 Å². The highest BCUT2D eigenvalue weighted by molar-refractivity contribution is 7.98. The summed E-state index contributed by atoms with van der Waals surface area (Å²) in [6.07, 6.45) is 5.20. The molecule has 1 N–H and O–H groups in total. The average molecular weight is 406 g/mol. The number of carbonyl (C=O) groups excluding carboxylic acids is 2. The number of amides is 2. The molecule has 1 aromatic rings. The van der Waals surface area contributed by atoms with E-state index in [2.05, 4.69) is 0 Å². The Morgan fingerprint density at radius 3 is 2.75 bits per heavy atom. The topological polar surface area (TPSA) is 82.9 Å². The monoisotopic (exact) mass is 405 g/mol. The third kappa shape index (κ3) is 3.26. The highest BCUT2D eigenvalue weighted by atomic mass is 32.2. The lowest BCUT2D eigenvalue weighted by Gasteiger charge is -2.34. The summed E-state index contributed by atoms with van der Waals surface area (Å²) in [5, 5.41) is 9.88. The molecule has 3 heterocycles. The van der Waals surface area contributed by atoms with Crippen molar-refractivity contribution in [2.75, 3.05) is 31.6 Å². The number of nitrogens with zero attached hydrogens (tertiary/aromatic N) is 3. The van der Waals surface area contributed by atoms with Gasteiger partial charge in [-0.15, -0.1) is 0 Å². The zero-order chi connectivity index (χ0) is 20.0. The minimum absolute atomic E-state index is 0.117.